The summed E-state index contributed by atoms with van der Waals surface area (Å²) in [5.74, 6) is 0.00780. The van der Waals surface area contributed by atoms with Crippen LogP contribution in [0.25, 0.3) is 0 Å². The summed E-state index contributed by atoms with van der Waals surface area (Å²) in [6.45, 7) is 3.62. The number of nitrogens with zero attached hydrogens (tertiary/aromatic N) is 2. The molecule has 0 bridgehead atoms. The maximum absolute atomic E-state index is 11.8. The number of hydrogen-bond donors (Lipinski definition) is 2. The van der Waals surface area contributed by atoms with Gasteiger partial charge < -0.3 is 5.32 Å². The molecule has 2 N–H and O–H groups in total. The van der Waals surface area contributed by atoms with Crippen LogP contribution < -0.4 is 10.0 Å². The topological polar surface area (TPSA) is 98.8 Å². The summed E-state index contributed by atoms with van der Waals surface area (Å²) in [6, 6.07) is 0. The fraction of sp³-hybridized carbons (Fsp3) is 0.714. The average molecular weight is 284 g/mol. The van der Waals surface area contributed by atoms with E-state index in [0.29, 0.717) is 16.7 Å². The molecule has 1 rings (SSSR count). The first-order chi connectivity index (χ1) is 7.71. The number of hydrogen-bond acceptors (Lipinski definition) is 5. The van der Waals surface area contributed by atoms with Crippen LogP contribution in [0.5, 0.6) is 0 Å². The van der Waals surface area contributed by atoms with E-state index in [1.54, 1.807) is 0 Å². The molecule has 0 radical (unpaired) electrons. The van der Waals surface area contributed by atoms with Gasteiger partial charge in [-0.2, -0.15) is 21.1 Å². The minimum absolute atomic E-state index is 0.00780. The Labute approximate surface area is 102 Å². The van der Waals surface area contributed by atoms with Crippen molar-refractivity contribution in [3.63, 3.8) is 0 Å². The van der Waals surface area contributed by atoms with Gasteiger partial charge in [-0.3, -0.25) is 4.72 Å². The summed E-state index contributed by atoms with van der Waals surface area (Å²) in [6.07, 6.45) is 0.447. The van der Waals surface area contributed by atoms with Gasteiger partial charge in [0.2, 0.25) is 0 Å². The molecule has 1 fully saturated rings. The standard InChI is InChI=1S/C7H16N4O4S2/c1-7(8-2)9-16(12,13)11-6-4-5-10(3)17(11,14)15/h8-9H,1,4-6H2,2-3H3. The van der Waals surface area contributed by atoms with Gasteiger partial charge in [-0.1, -0.05) is 10.3 Å². The molecule has 0 aromatic rings. The van der Waals surface area contributed by atoms with Crippen LogP contribution in [-0.2, 0) is 20.4 Å². The summed E-state index contributed by atoms with van der Waals surface area (Å²) in [5.41, 5.74) is 0. The normalized spacial score (nSPS) is 22.0. The first kappa shape index (κ1) is 14.2. The van der Waals surface area contributed by atoms with Crippen molar-refractivity contribution in [3.8, 4) is 0 Å². The second-order valence-corrected chi connectivity index (χ2v) is 7.30. The van der Waals surface area contributed by atoms with Gasteiger partial charge in [-0.05, 0) is 6.42 Å². The Balaban J connectivity index is 3.03. The van der Waals surface area contributed by atoms with Crippen LogP contribution in [0.1, 0.15) is 6.42 Å². The lowest BCUT2D eigenvalue weighted by Crippen LogP contribution is -2.54. The molecule has 0 atom stereocenters. The fourth-order valence-corrected chi connectivity index (χ4v) is 4.67. The Kier molecular flexibility index (Phi) is 4.02. The van der Waals surface area contributed by atoms with Gasteiger partial charge in [-0.25, -0.2) is 0 Å². The van der Waals surface area contributed by atoms with Crippen molar-refractivity contribution in [1.82, 2.24) is 18.1 Å². The van der Waals surface area contributed by atoms with Gasteiger partial charge in [0.05, 0.1) is 0 Å². The molecule has 0 unspecified atom stereocenters. The van der Waals surface area contributed by atoms with Crippen molar-refractivity contribution < 1.29 is 16.8 Å². The highest BCUT2D eigenvalue weighted by atomic mass is 32.3. The highest BCUT2D eigenvalue weighted by Crippen LogP contribution is 2.17. The van der Waals surface area contributed by atoms with Crippen molar-refractivity contribution in [3.05, 3.63) is 12.4 Å². The van der Waals surface area contributed by atoms with Gasteiger partial charge in [0.25, 0.3) is 10.2 Å². The van der Waals surface area contributed by atoms with E-state index in [0.717, 1.165) is 4.31 Å². The maximum Gasteiger partial charge on any atom is 0.316 e. The zero-order valence-electron chi connectivity index (χ0n) is 9.67. The van der Waals surface area contributed by atoms with Gasteiger partial charge in [0, 0.05) is 27.2 Å². The van der Waals surface area contributed by atoms with Crippen LogP contribution in [0, 0.1) is 0 Å². The lowest BCUT2D eigenvalue weighted by Gasteiger charge is -2.31. The molecule has 10 heteroatoms. The van der Waals surface area contributed by atoms with E-state index in [9.17, 15) is 16.8 Å². The summed E-state index contributed by atoms with van der Waals surface area (Å²) < 4.78 is 50.7. The maximum atomic E-state index is 11.8. The molecule has 0 spiro atoms. The Bertz CT molecular complexity index is 498. The third kappa shape index (κ3) is 2.89. The highest BCUT2D eigenvalue weighted by Gasteiger charge is 2.39. The third-order valence-electron chi connectivity index (χ3n) is 2.29. The van der Waals surface area contributed by atoms with Crippen molar-refractivity contribution in [2.45, 2.75) is 6.42 Å². The Morgan fingerprint density at radius 1 is 1.35 bits per heavy atom. The smallest absolute Gasteiger partial charge is 0.316 e. The average Bonchev–Trinajstić information content (AvgIpc) is 2.20. The van der Waals surface area contributed by atoms with Gasteiger partial charge in [0.1, 0.15) is 5.82 Å². The molecule has 1 aliphatic rings. The van der Waals surface area contributed by atoms with E-state index >= 15 is 0 Å². The second kappa shape index (κ2) is 4.80. The predicted molar refractivity (Wildman–Crippen MR) is 63.1 cm³/mol. The van der Waals surface area contributed by atoms with Gasteiger partial charge >= 0.3 is 10.2 Å². The molecule has 8 nitrogen and oxygen atoms in total. The highest BCUT2D eigenvalue weighted by molar-refractivity contribution is 8.02. The third-order valence-corrected chi connectivity index (χ3v) is 6.33. The lowest BCUT2D eigenvalue weighted by molar-refractivity contribution is 0.367. The van der Waals surface area contributed by atoms with Gasteiger partial charge in [0.15, 0.2) is 0 Å². The molecular formula is C7H16N4O4S2. The second-order valence-electron chi connectivity index (χ2n) is 3.51. The van der Waals surface area contributed by atoms with Crippen molar-refractivity contribution in [1.29, 1.82) is 0 Å². The molecule has 0 aromatic carbocycles. The quantitative estimate of drug-likeness (QED) is 0.647. The predicted octanol–water partition coefficient (Wildman–Crippen LogP) is -1.61. The Morgan fingerprint density at radius 2 is 1.94 bits per heavy atom. The Hall–Kier alpha value is -0.840. The fourth-order valence-electron chi connectivity index (χ4n) is 1.31. The zero-order chi connectivity index (χ0) is 13.3. The summed E-state index contributed by atoms with van der Waals surface area (Å²) in [7, 11) is -5.30. The van der Waals surface area contributed by atoms with E-state index < -0.39 is 20.4 Å². The molecule has 1 heterocycles. The monoisotopic (exact) mass is 284 g/mol. The molecule has 0 saturated carbocycles. The summed E-state index contributed by atoms with van der Waals surface area (Å²) in [4.78, 5) is 0. The van der Waals surface area contributed by atoms with Crippen LogP contribution in [0.2, 0.25) is 0 Å². The van der Waals surface area contributed by atoms with E-state index in [-0.39, 0.29) is 12.4 Å². The molecule has 100 valence electrons. The van der Waals surface area contributed by atoms with Crippen LogP contribution >= 0.6 is 0 Å². The SMILES string of the molecule is C=C(NC)NS(=O)(=O)N1CCCN(C)S1(=O)=O. The van der Waals surface area contributed by atoms with E-state index in [2.05, 4.69) is 11.9 Å². The lowest BCUT2D eigenvalue weighted by atomic mass is 10.4. The van der Waals surface area contributed by atoms with Gasteiger partial charge in [-0.15, -0.1) is 0 Å². The zero-order valence-corrected chi connectivity index (χ0v) is 11.3. The number of rotatable bonds is 4. The Morgan fingerprint density at radius 3 is 2.47 bits per heavy atom. The van der Waals surface area contributed by atoms with Crippen molar-refractivity contribution in [2.24, 2.45) is 0 Å². The van der Waals surface area contributed by atoms with Crippen LogP contribution in [0.15, 0.2) is 12.4 Å². The van der Waals surface area contributed by atoms with Crippen molar-refractivity contribution in [2.75, 3.05) is 27.2 Å². The molecule has 0 aromatic heterocycles. The largest absolute Gasteiger partial charge is 0.375 e. The molecule has 17 heavy (non-hydrogen) atoms. The van der Waals surface area contributed by atoms with Crippen LogP contribution in [-0.4, -0.2) is 52.0 Å². The van der Waals surface area contributed by atoms with E-state index in [4.69, 9.17) is 0 Å². The molecule has 0 amide bonds. The van der Waals surface area contributed by atoms with Crippen LogP contribution in [0.3, 0.4) is 0 Å². The molecule has 1 saturated heterocycles. The van der Waals surface area contributed by atoms with Crippen LogP contribution in [0.4, 0.5) is 0 Å². The summed E-state index contributed by atoms with van der Waals surface area (Å²) in [5, 5.41) is 2.48. The first-order valence-electron chi connectivity index (χ1n) is 4.85. The molecule has 1 aliphatic heterocycles. The molecular weight excluding hydrogens is 268 g/mol. The minimum atomic E-state index is -4.14. The number of nitrogens with one attached hydrogen (secondary N) is 2. The van der Waals surface area contributed by atoms with E-state index in [1.165, 1.54) is 14.1 Å². The first-order valence-corrected chi connectivity index (χ1v) is 7.69. The van der Waals surface area contributed by atoms with Crippen molar-refractivity contribution >= 4 is 20.4 Å². The minimum Gasteiger partial charge on any atom is -0.375 e. The summed E-state index contributed by atoms with van der Waals surface area (Å²) >= 11 is 0. The molecule has 0 aliphatic carbocycles. The van der Waals surface area contributed by atoms with E-state index in [1.807, 2.05) is 4.72 Å².